The maximum Gasteiger partial charge on any atom is 0.411 e. The molecule has 3 N–H and O–H groups in total. The zero-order valence-electron chi connectivity index (χ0n) is 22.9. The van der Waals surface area contributed by atoms with Crippen LogP contribution in [0.3, 0.4) is 0 Å². The van der Waals surface area contributed by atoms with Gasteiger partial charge in [0.15, 0.2) is 5.15 Å². The summed E-state index contributed by atoms with van der Waals surface area (Å²) < 4.78 is 10.1. The van der Waals surface area contributed by atoms with Gasteiger partial charge in [-0.2, -0.15) is 5.10 Å². The molecule has 11 nitrogen and oxygen atoms in total. The molecule has 216 valence electrons. The van der Waals surface area contributed by atoms with Crippen LogP contribution in [0.2, 0.25) is 5.15 Å². The summed E-state index contributed by atoms with van der Waals surface area (Å²) in [6.07, 6.45) is 1.11. The van der Waals surface area contributed by atoms with Crippen molar-refractivity contribution >= 4 is 35.5 Å². The van der Waals surface area contributed by atoms with Gasteiger partial charge in [0.1, 0.15) is 6.61 Å². The van der Waals surface area contributed by atoms with E-state index in [4.69, 9.17) is 16.3 Å². The van der Waals surface area contributed by atoms with E-state index < -0.39 is 18.2 Å². The minimum absolute atomic E-state index is 0.116. The molecule has 41 heavy (non-hydrogen) atoms. The second-order valence-corrected chi connectivity index (χ2v) is 10.0. The number of piperidine rings is 1. The van der Waals surface area contributed by atoms with Gasteiger partial charge in [0.25, 0.3) is 0 Å². The molecule has 1 unspecified atom stereocenters. The van der Waals surface area contributed by atoms with Gasteiger partial charge in [-0.05, 0) is 54.5 Å². The highest BCUT2D eigenvalue weighted by Gasteiger charge is 2.28. The third-order valence-corrected chi connectivity index (χ3v) is 7.13. The number of rotatable bonds is 8. The minimum atomic E-state index is -0.589. The van der Waals surface area contributed by atoms with Crippen LogP contribution in [0.25, 0.3) is 11.1 Å². The van der Waals surface area contributed by atoms with Crippen LogP contribution in [0.4, 0.5) is 20.1 Å². The summed E-state index contributed by atoms with van der Waals surface area (Å²) in [6.45, 7) is 1.36. The van der Waals surface area contributed by atoms with Crippen molar-refractivity contribution < 1.29 is 23.9 Å². The molecule has 4 amide bonds. The van der Waals surface area contributed by atoms with E-state index in [1.165, 1.54) is 7.11 Å². The van der Waals surface area contributed by atoms with E-state index in [1.807, 2.05) is 30.3 Å². The second-order valence-electron chi connectivity index (χ2n) is 9.67. The summed E-state index contributed by atoms with van der Waals surface area (Å²) in [5.41, 5.74) is 3.29. The third-order valence-electron chi connectivity index (χ3n) is 6.85. The number of hydrogen-bond acceptors (Lipinski definition) is 7. The van der Waals surface area contributed by atoms with Gasteiger partial charge >= 0.3 is 18.2 Å². The first-order valence-electron chi connectivity index (χ1n) is 13.3. The summed E-state index contributed by atoms with van der Waals surface area (Å²) in [7, 11) is 2.90. The van der Waals surface area contributed by atoms with Gasteiger partial charge in [0.2, 0.25) is 0 Å². The van der Waals surface area contributed by atoms with E-state index in [2.05, 4.69) is 30.9 Å². The predicted molar refractivity (Wildman–Crippen MR) is 154 cm³/mol. The monoisotopic (exact) mass is 580 g/mol. The molecule has 0 spiro atoms. The molecule has 4 rings (SSSR count). The number of hydrogen-bond donors (Lipinski definition) is 3. The lowest BCUT2D eigenvalue weighted by Gasteiger charge is -2.34. The molecule has 1 aliphatic rings. The van der Waals surface area contributed by atoms with Crippen molar-refractivity contribution in [2.75, 3.05) is 32.6 Å². The number of likely N-dealkylation sites (tertiary alicyclic amines) is 1. The Morgan fingerprint density at radius 1 is 1.07 bits per heavy atom. The summed E-state index contributed by atoms with van der Waals surface area (Å²) in [4.78, 5) is 38.5. The number of halogens is 1. The lowest BCUT2D eigenvalue weighted by Crippen LogP contribution is -2.45. The predicted octanol–water partition coefficient (Wildman–Crippen LogP) is 5.38. The summed E-state index contributed by atoms with van der Waals surface area (Å²) >= 11 is 6.44. The number of alkyl carbamates (subject to hydrolysis) is 1. The molecule has 12 heteroatoms. The standard InChI is InChI=1S/C29H33ClN6O5/c1-31-27(37)36-14-6-9-20(17-36)15-24(33-29(39)41-18-19-7-4-3-5-8-19)25-16-23(26(30)35-34-25)21-10-12-22(13-11-21)32-28(38)40-2/h3-5,7-8,10-13,16,20,24H,6,9,14-15,17-18H2,1-2H3,(H,31,37)(H,32,38)(H,33,39)/t20?,24-/m0/s1. The van der Waals surface area contributed by atoms with Gasteiger partial charge < -0.3 is 25.0 Å². The Morgan fingerprint density at radius 3 is 2.54 bits per heavy atom. The molecule has 0 aliphatic carbocycles. The number of urea groups is 1. The van der Waals surface area contributed by atoms with Crippen molar-refractivity contribution in [1.29, 1.82) is 0 Å². The van der Waals surface area contributed by atoms with Gasteiger partial charge in [-0.3, -0.25) is 5.32 Å². The van der Waals surface area contributed by atoms with Crippen molar-refractivity contribution in [3.63, 3.8) is 0 Å². The lowest BCUT2D eigenvalue weighted by atomic mass is 9.90. The topological polar surface area (TPSA) is 135 Å². The molecule has 3 aromatic rings. The summed E-state index contributed by atoms with van der Waals surface area (Å²) in [5, 5.41) is 16.9. The number of amides is 4. The smallest absolute Gasteiger partial charge is 0.411 e. The normalized spacial score (nSPS) is 15.4. The Morgan fingerprint density at radius 2 is 1.83 bits per heavy atom. The number of nitrogens with one attached hydrogen (secondary N) is 3. The third kappa shape index (κ3) is 8.31. The summed E-state index contributed by atoms with van der Waals surface area (Å²) in [6, 6.07) is 17.5. The Labute approximate surface area is 243 Å². The Kier molecular flexibility index (Phi) is 10.3. The average Bonchev–Trinajstić information content (AvgIpc) is 3.00. The van der Waals surface area contributed by atoms with Crippen molar-refractivity contribution in [3.05, 3.63) is 77.1 Å². The molecule has 1 saturated heterocycles. The number of benzene rings is 2. The molecule has 2 heterocycles. The fraction of sp³-hybridized carbons (Fsp3) is 0.345. The second kappa shape index (κ2) is 14.3. The molecule has 0 bridgehead atoms. The van der Waals surface area contributed by atoms with E-state index in [0.717, 1.165) is 24.0 Å². The van der Waals surface area contributed by atoms with Gasteiger partial charge in [-0.1, -0.05) is 54.1 Å². The van der Waals surface area contributed by atoms with Gasteiger partial charge in [-0.15, -0.1) is 5.10 Å². The first-order valence-corrected chi connectivity index (χ1v) is 13.7. The zero-order chi connectivity index (χ0) is 29.2. The Hall–Kier alpha value is -4.38. The van der Waals surface area contributed by atoms with Crippen LogP contribution in [-0.4, -0.2) is 60.6 Å². The van der Waals surface area contributed by atoms with Gasteiger partial charge in [0.05, 0.1) is 18.8 Å². The minimum Gasteiger partial charge on any atom is -0.453 e. The SMILES string of the molecule is CNC(=O)N1CCCC(C[C@H](NC(=O)OCc2ccccc2)c2cc(-c3ccc(NC(=O)OC)cc3)c(Cl)nn2)C1. The maximum atomic E-state index is 12.9. The lowest BCUT2D eigenvalue weighted by molar-refractivity contribution is 0.129. The highest BCUT2D eigenvalue weighted by Crippen LogP contribution is 2.32. The van der Waals surface area contributed by atoms with Crippen molar-refractivity contribution in [2.24, 2.45) is 5.92 Å². The zero-order valence-corrected chi connectivity index (χ0v) is 23.7. The molecule has 0 radical (unpaired) electrons. The summed E-state index contributed by atoms with van der Waals surface area (Å²) in [5.74, 6) is 0.116. The first kappa shape index (κ1) is 29.6. The number of carbonyl (C=O) groups excluding carboxylic acids is 3. The maximum absolute atomic E-state index is 12.9. The van der Waals surface area contributed by atoms with E-state index in [-0.39, 0.29) is 23.7 Å². The number of methoxy groups -OCH3 is 1. The Bertz CT molecular complexity index is 1340. The molecule has 1 aliphatic heterocycles. The number of ether oxygens (including phenoxy) is 2. The van der Waals surface area contributed by atoms with Crippen LogP contribution in [0.5, 0.6) is 0 Å². The average molecular weight is 581 g/mol. The van der Waals surface area contributed by atoms with Crippen LogP contribution in [0.15, 0.2) is 60.7 Å². The quantitative estimate of drug-likeness (QED) is 0.325. The molecule has 2 atom stereocenters. The largest absolute Gasteiger partial charge is 0.453 e. The molecular weight excluding hydrogens is 548 g/mol. The van der Waals surface area contributed by atoms with Crippen molar-refractivity contribution in [3.8, 4) is 11.1 Å². The van der Waals surface area contributed by atoms with E-state index in [9.17, 15) is 14.4 Å². The molecule has 1 aromatic heterocycles. The number of carbonyl (C=O) groups is 3. The molecule has 1 fully saturated rings. The fourth-order valence-corrected chi connectivity index (χ4v) is 4.96. The van der Waals surface area contributed by atoms with Gasteiger partial charge in [0, 0.05) is 31.4 Å². The molecule has 2 aromatic carbocycles. The molecular formula is C29H33ClN6O5. The number of aromatic nitrogens is 2. The van der Waals surface area contributed by atoms with Gasteiger partial charge in [-0.25, -0.2) is 14.4 Å². The fourth-order valence-electron chi connectivity index (χ4n) is 4.76. The van der Waals surface area contributed by atoms with E-state index in [0.29, 0.717) is 36.5 Å². The first-order chi connectivity index (χ1) is 19.9. The van der Waals surface area contributed by atoms with Crippen molar-refractivity contribution in [2.45, 2.75) is 31.9 Å². The van der Waals surface area contributed by atoms with E-state index in [1.54, 1.807) is 42.3 Å². The van der Waals surface area contributed by atoms with Crippen LogP contribution in [-0.2, 0) is 16.1 Å². The van der Waals surface area contributed by atoms with Crippen LogP contribution >= 0.6 is 11.6 Å². The highest BCUT2D eigenvalue weighted by atomic mass is 35.5. The highest BCUT2D eigenvalue weighted by molar-refractivity contribution is 6.32. The van der Waals surface area contributed by atoms with Crippen LogP contribution in [0.1, 0.15) is 36.6 Å². The van der Waals surface area contributed by atoms with Crippen LogP contribution in [0, 0.1) is 5.92 Å². The van der Waals surface area contributed by atoms with E-state index >= 15 is 0 Å². The Balaban J connectivity index is 1.56. The van der Waals surface area contributed by atoms with Crippen molar-refractivity contribution in [1.82, 2.24) is 25.7 Å². The molecule has 0 saturated carbocycles. The number of nitrogens with zero attached hydrogens (tertiary/aromatic N) is 3. The van der Waals surface area contributed by atoms with Crippen LogP contribution < -0.4 is 16.0 Å². The number of anilines is 1.